The van der Waals surface area contributed by atoms with Crippen LogP contribution in [0.4, 0.5) is 13.2 Å². The van der Waals surface area contributed by atoms with Gasteiger partial charge in [-0.1, -0.05) is 22.7 Å². The summed E-state index contributed by atoms with van der Waals surface area (Å²) in [6.07, 6.45) is -4.75. The van der Waals surface area contributed by atoms with Crippen LogP contribution in [0.15, 0.2) is 29.6 Å². The Morgan fingerprint density at radius 3 is 2.61 bits per heavy atom. The number of alkyl halides is 3. The Morgan fingerprint density at radius 2 is 2.00 bits per heavy atom. The zero-order valence-corrected chi connectivity index (χ0v) is 9.70. The lowest BCUT2D eigenvalue weighted by Gasteiger charge is -2.16. The second kappa shape index (κ2) is 4.91. The minimum absolute atomic E-state index is 0.211. The van der Waals surface area contributed by atoms with Gasteiger partial charge in [0.05, 0.1) is 11.7 Å². The third-order valence-electron chi connectivity index (χ3n) is 2.18. The van der Waals surface area contributed by atoms with Gasteiger partial charge >= 0.3 is 6.36 Å². The van der Waals surface area contributed by atoms with Crippen molar-refractivity contribution in [3.8, 4) is 5.75 Å². The second-order valence-corrected chi connectivity index (χ2v) is 4.00. The number of nitrogens with zero attached hydrogens (tertiary/aromatic N) is 2. The molecule has 0 aliphatic carbocycles. The smallest absolute Gasteiger partial charge is 0.405 e. The van der Waals surface area contributed by atoms with E-state index in [4.69, 9.17) is 5.73 Å². The molecule has 96 valence electrons. The zero-order chi connectivity index (χ0) is 13.2. The van der Waals surface area contributed by atoms with Gasteiger partial charge in [-0.15, -0.1) is 18.3 Å². The Balaban J connectivity index is 2.33. The lowest BCUT2D eigenvalue weighted by atomic mass is 10.0. The summed E-state index contributed by atoms with van der Waals surface area (Å²) < 4.78 is 44.3. The molecule has 2 N–H and O–H groups in total. The Kier molecular flexibility index (Phi) is 3.48. The van der Waals surface area contributed by atoms with Crippen LogP contribution in [-0.2, 0) is 0 Å². The fourth-order valence-corrected chi connectivity index (χ4v) is 1.91. The number of rotatable bonds is 3. The predicted octanol–water partition coefficient (Wildman–Crippen LogP) is 2.48. The van der Waals surface area contributed by atoms with Crippen LogP contribution in [0.3, 0.4) is 0 Å². The third kappa shape index (κ3) is 2.96. The minimum Gasteiger partial charge on any atom is -0.405 e. The van der Waals surface area contributed by atoms with Gasteiger partial charge in [0.15, 0.2) is 0 Å². The number of hydrogen-bond acceptors (Lipinski definition) is 5. The molecular weight excluding hydrogens is 267 g/mol. The van der Waals surface area contributed by atoms with Crippen molar-refractivity contribution in [3.05, 3.63) is 40.9 Å². The zero-order valence-electron chi connectivity index (χ0n) is 8.89. The van der Waals surface area contributed by atoms with Gasteiger partial charge in [0.2, 0.25) is 0 Å². The first-order valence-corrected chi connectivity index (χ1v) is 5.68. The van der Waals surface area contributed by atoms with Crippen molar-refractivity contribution in [1.82, 2.24) is 9.59 Å². The van der Waals surface area contributed by atoms with E-state index < -0.39 is 12.4 Å². The summed E-state index contributed by atoms with van der Waals surface area (Å²) in [6, 6.07) is 4.89. The molecule has 8 heteroatoms. The van der Waals surface area contributed by atoms with Gasteiger partial charge < -0.3 is 10.5 Å². The fourth-order valence-electron chi connectivity index (χ4n) is 1.42. The predicted molar refractivity (Wildman–Crippen MR) is 59.1 cm³/mol. The molecule has 1 aromatic carbocycles. The molecule has 0 fully saturated rings. The van der Waals surface area contributed by atoms with Crippen molar-refractivity contribution in [1.29, 1.82) is 0 Å². The number of ether oxygens (including phenoxy) is 1. The van der Waals surface area contributed by atoms with Crippen molar-refractivity contribution >= 4 is 11.5 Å². The Morgan fingerprint density at radius 1 is 1.28 bits per heavy atom. The van der Waals surface area contributed by atoms with Crippen LogP contribution >= 0.6 is 11.5 Å². The molecule has 18 heavy (non-hydrogen) atoms. The van der Waals surface area contributed by atoms with Crippen LogP contribution in [0.2, 0.25) is 0 Å². The number of benzene rings is 1. The van der Waals surface area contributed by atoms with Crippen molar-refractivity contribution in [2.45, 2.75) is 12.4 Å². The minimum atomic E-state index is -4.75. The second-order valence-electron chi connectivity index (χ2n) is 3.39. The average Bonchev–Trinajstić information content (AvgIpc) is 2.80. The maximum Gasteiger partial charge on any atom is 0.573 e. The highest BCUT2D eigenvalue weighted by Crippen LogP contribution is 2.31. The highest BCUT2D eigenvalue weighted by atomic mass is 32.1. The Labute approximate surface area is 104 Å². The first-order chi connectivity index (χ1) is 8.47. The number of hydrogen-bond donors (Lipinski definition) is 1. The summed E-state index contributed by atoms with van der Waals surface area (Å²) in [7, 11) is 0. The first kappa shape index (κ1) is 12.8. The number of nitrogens with two attached hydrogens (primary N) is 1. The van der Waals surface area contributed by atoms with Crippen LogP contribution in [0, 0.1) is 0 Å². The van der Waals surface area contributed by atoms with Gasteiger partial charge in [-0.2, -0.15) is 0 Å². The van der Waals surface area contributed by atoms with E-state index in [0.29, 0.717) is 5.69 Å². The van der Waals surface area contributed by atoms with Crippen molar-refractivity contribution in [2.24, 2.45) is 5.73 Å². The van der Waals surface area contributed by atoms with Gasteiger partial charge in [-0.05, 0) is 17.6 Å². The summed E-state index contributed by atoms with van der Waals surface area (Å²) in [5.74, 6) is -0.328. The number of para-hydroxylation sites is 1. The summed E-state index contributed by atoms with van der Waals surface area (Å²) in [4.78, 5) is 0. The quantitative estimate of drug-likeness (QED) is 0.934. The molecule has 1 aromatic heterocycles. The molecule has 0 amide bonds. The molecule has 0 saturated heterocycles. The van der Waals surface area contributed by atoms with Gasteiger partial charge in [-0.25, -0.2) is 0 Å². The SMILES string of the molecule is NC(c1csnn1)c1ccccc1OC(F)(F)F. The lowest BCUT2D eigenvalue weighted by Crippen LogP contribution is -2.20. The van der Waals surface area contributed by atoms with Gasteiger partial charge in [0, 0.05) is 10.9 Å². The van der Waals surface area contributed by atoms with Crippen LogP contribution in [0.5, 0.6) is 5.75 Å². The van der Waals surface area contributed by atoms with Crippen molar-refractivity contribution in [2.75, 3.05) is 0 Å². The number of halogens is 3. The molecule has 0 radical (unpaired) electrons. The molecule has 0 aliphatic rings. The maximum atomic E-state index is 12.2. The largest absolute Gasteiger partial charge is 0.573 e. The van der Waals surface area contributed by atoms with Crippen LogP contribution < -0.4 is 10.5 Å². The highest BCUT2D eigenvalue weighted by Gasteiger charge is 2.32. The van der Waals surface area contributed by atoms with E-state index in [9.17, 15) is 13.2 Å². The normalized spacial score (nSPS) is 13.3. The molecular formula is C10H8F3N3OS. The third-order valence-corrected chi connectivity index (χ3v) is 2.70. The molecule has 0 saturated carbocycles. The maximum absolute atomic E-state index is 12.2. The summed E-state index contributed by atoms with van der Waals surface area (Å²) in [6.45, 7) is 0. The van der Waals surface area contributed by atoms with E-state index in [0.717, 1.165) is 11.5 Å². The van der Waals surface area contributed by atoms with Gasteiger partial charge in [-0.3, -0.25) is 0 Å². The summed E-state index contributed by atoms with van der Waals surface area (Å²) in [5, 5.41) is 5.32. The Bertz CT molecular complexity index is 515. The molecule has 1 unspecified atom stereocenters. The highest BCUT2D eigenvalue weighted by molar-refractivity contribution is 7.03. The monoisotopic (exact) mass is 275 g/mol. The molecule has 1 atom stereocenters. The van der Waals surface area contributed by atoms with Crippen LogP contribution in [0.1, 0.15) is 17.3 Å². The molecule has 2 aromatic rings. The molecule has 2 rings (SSSR count). The lowest BCUT2D eigenvalue weighted by molar-refractivity contribution is -0.274. The molecule has 4 nitrogen and oxygen atoms in total. The first-order valence-electron chi connectivity index (χ1n) is 4.84. The van der Waals surface area contributed by atoms with Crippen LogP contribution in [0.25, 0.3) is 0 Å². The summed E-state index contributed by atoms with van der Waals surface area (Å²) >= 11 is 1.08. The van der Waals surface area contributed by atoms with Crippen molar-refractivity contribution < 1.29 is 17.9 Å². The van der Waals surface area contributed by atoms with E-state index in [2.05, 4.69) is 14.3 Å². The number of aromatic nitrogens is 2. The molecule has 0 spiro atoms. The standard InChI is InChI=1S/C10H8F3N3OS/c11-10(12,13)17-8-4-2-1-3-6(8)9(14)7-5-18-16-15-7/h1-5,9H,14H2. The van der Waals surface area contributed by atoms with Crippen molar-refractivity contribution in [3.63, 3.8) is 0 Å². The van der Waals surface area contributed by atoms with Crippen LogP contribution in [-0.4, -0.2) is 15.9 Å². The van der Waals surface area contributed by atoms with E-state index >= 15 is 0 Å². The average molecular weight is 275 g/mol. The van der Waals surface area contributed by atoms with E-state index in [1.165, 1.54) is 18.2 Å². The molecule has 0 aliphatic heterocycles. The van der Waals surface area contributed by atoms with E-state index in [1.54, 1.807) is 11.4 Å². The summed E-state index contributed by atoms with van der Waals surface area (Å²) in [5.41, 5.74) is 6.45. The topological polar surface area (TPSA) is 61.0 Å². The Hall–Kier alpha value is -1.67. The van der Waals surface area contributed by atoms with E-state index in [-0.39, 0.29) is 11.3 Å². The van der Waals surface area contributed by atoms with Gasteiger partial charge in [0.1, 0.15) is 5.75 Å². The fraction of sp³-hybridized carbons (Fsp3) is 0.200. The van der Waals surface area contributed by atoms with E-state index in [1.807, 2.05) is 0 Å². The molecule has 0 bridgehead atoms. The molecule has 1 heterocycles. The van der Waals surface area contributed by atoms with Gasteiger partial charge in [0.25, 0.3) is 0 Å².